The number of nitrogens with zero attached hydrogens (tertiary/aromatic N) is 1. The van der Waals surface area contributed by atoms with E-state index in [1.54, 1.807) is 0 Å². The maximum atomic E-state index is 12.4. The second kappa shape index (κ2) is 8.86. The Labute approximate surface area is 159 Å². The Hall–Kier alpha value is -0.893. The predicted octanol–water partition coefficient (Wildman–Crippen LogP) is 3.50. The fourth-order valence-corrected chi connectivity index (χ4v) is 3.83. The Morgan fingerprint density at radius 2 is 1.92 bits per heavy atom. The molecule has 0 aliphatic carbocycles. The van der Waals surface area contributed by atoms with Crippen molar-refractivity contribution in [2.45, 2.75) is 77.1 Å². The van der Waals surface area contributed by atoms with Crippen molar-refractivity contribution < 1.29 is 18.7 Å². The monoisotopic (exact) mass is 384 g/mol. The number of carbonyl (C=O) groups excluding carboxylic acids is 1. The Morgan fingerprint density at radius 1 is 1.27 bits per heavy atom. The summed E-state index contributed by atoms with van der Waals surface area (Å²) >= 11 is 0. The number of hydrogen-bond acceptors (Lipinski definition) is 4. The third kappa shape index (κ3) is 5.55. The number of likely N-dealkylation sites (tertiary alicyclic amines) is 1. The van der Waals surface area contributed by atoms with E-state index < -0.39 is 14.6 Å². The van der Waals surface area contributed by atoms with Crippen molar-refractivity contribution in [3.8, 4) is 0 Å². The van der Waals surface area contributed by atoms with Gasteiger partial charge in [0.1, 0.15) is 12.1 Å². The van der Waals surface area contributed by atoms with Crippen LogP contribution in [0.25, 0.3) is 0 Å². The first kappa shape index (κ1) is 21.4. The van der Waals surface area contributed by atoms with Gasteiger partial charge in [-0.1, -0.05) is 32.9 Å². The van der Waals surface area contributed by atoms with Crippen LogP contribution in [0.4, 0.5) is 4.79 Å². The average Bonchev–Trinajstić information content (AvgIpc) is 3.09. The van der Waals surface area contributed by atoms with E-state index in [4.69, 9.17) is 13.9 Å². The van der Waals surface area contributed by atoms with Gasteiger partial charge in [0.25, 0.3) is 0 Å². The number of rotatable bonds is 6. The average molecular weight is 385 g/mol. The first-order valence-electron chi connectivity index (χ1n) is 9.79. The zero-order valence-electron chi connectivity index (χ0n) is 17.2. The fourth-order valence-electron chi connectivity index (χ4n) is 2.82. The molecule has 2 aliphatic heterocycles. The van der Waals surface area contributed by atoms with E-state index in [-0.39, 0.29) is 23.2 Å². The van der Waals surface area contributed by atoms with Crippen LogP contribution in [0.15, 0.2) is 12.2 Å². The minimum atomic E-state index is -1.82. The van der Waals surface area contributed by atoms with Gasteiger partial charge in [-0.05, 0) is 37.9 Å². The summed E-state index contributed by atoms with van der Waals surface area (Å²) in [5.41, 5.74) is 0. The van der Waals surface area contributed by atoms with Crippen LogP contribution in [0.2, 0.25) is 18.1 Å². The van der Waals surface area contributed by atoms with E-state index >= 15 is 0 Å². The molecule has 1 N–H and O–H groups in total. The van der Waals surface area contributed by atoms with Crippen LogP contribution in [-0.2, 0) is 13.9 Å². The van der Waals surface area contributed by atoms with E-state index in [1.807, 2.05) is 24.0 Å². The molecule has 2 aliphatic rings. The molecule has 1 fully saturated rings. The summed E-state index contributed by atoms with van der Waals surface area (Å²) in [7, 11) is -1.82. The third-order valence-corrected chi connectivity index (χ3v) is 10.1. The van der Waals surface area contributed by atoms with Crippen LogP contribution in [0, 0.1) is 0 Å². The Morgan fingerprint density at radius 3 is 2.50 bits per heavy atom. The summed E-state index contributed by atoms with van der Waals surface area (Å²) in [4.78, 5) is 14.2. The lowest BCUT2D eigenvalue weighted by Gasteiger charge is -2.38. The lowest BCUT2D eigenvalue weighted by Crippen LogP contribution is -2.52. The van der Waals surface area contributed by atoms with E-state index in [9.17, 15) is 4.79 Å². The molecule has 2 rings (SSSR count). The van der Waals surface area contributed by atoms with Crippen molar-refractivity contribution >= 4 is 14.3 Å². The lowest BCUT2D eigenvalue weighted by atomic mass is 10.1. The summed E-state index contributed by atoms with van der Waals surface area (Å²) in [6, 6.07) is -0.311. The van der Waals surface area contributed by atoms with Crippen LogP contribution in [0.1, 0.15) is 40.5 Å². The molecule has 0 unspecified atom stereocenters. The molecule has 0 aromatic rings. The highest BCUT2D eigenvalue weighted by Gasteiger charge is 2.38. The largest absolute Gasteiger partial charge is 0.414 e. The quantitative estimate of drug-likeness (QED) is 0.562. The van der Waals surface area contributed by atoms with Crippen LogP contribution < -0.4 is 5.32 Å². The highest BCUT2D eigenvalue weighted by Crippen LogP contribution is 2.36. The minimum Gasteiger partial charge on any atom is -0.414 e. The SMILES string of the molecule is CCO[C@H]1O[C@H](CO[Si](C)(C)C(C)(C)C)C=C[C@H]1NC(=O)N1CCCC1. The van der Waals surface area contributed by atoms with E-state index in [1.165, 1.54) is 0 Å². The van der Waals surface area contributed by atoms with Crippen molar-refractivity contribution in [2.24, 2.45) is 0 Å². The molecule has 7 heteroatoms. The Balaban J connectivity index is 1.94. The van der Waals surface area contributed by atoms with Gasteiger partial charge in [0.2, 0.25) is 0 Å². The van der Waals surface area contributed by atoms with Gasteiger partial charge >= 0.3 is 6.03 Å². The van der Waals surface area contributed by atoms with Gasteiger partial charge in [-0.2, -0.15) is 0 Å². The van der Waals surface area contributed by atoms with Crippen LogP contribution in [0.5, 0.6) is 0 Å². The number of nitrogens with one attached hydrogen (secondary N) is 1. The molecule has 26 heavy (non-hydrogen) atoms. The molecule has 0 spiro atoms. The van der Waals surface area contributed by atoms with Gasteiger partial charge in [0.05, 0.1) is 6.61 Å². The molecule has 6 nitrogen and oxygen atoms in total. The molecule has 2 heterocycles. The highest BCUT2D eigenvalue weighted by molar-refractivity contribution is 6.74. The number of hydrogen-bond donors (Lipinski definition) is 1. The summed E-state index contributed by atoms with van der Waals surface area (Å²) < 4.78 is 18.1. The molecule has 0 aromatic heterocycles. The van der Waals surface area contributed by atoms with Crippen molar-refractivity contribution in [1.29, 1.82) is 0 Å². The summed E-state index contributed by atoms with van der Waals surface area (Å²) in [5, 5.41) is 3.19. The van der Waals surface area contributed by atoms with E-state index in [2.05, 4.69) is 39.2 Å². The van der Waals surface area contributed by atoms with E-state index in [0.29, 0.717) is 13.2 Å². The molecule has 2 amide bonds. The minimum absolute atomic E-state index is 0.0403. The Kier molecular flexibility index (Phi) is 7.30. The molecule has 150 valence electrons. The van der Waals surface area contributed by atoms with Gasteiger partial charge in [0.15, 0.2) is 14.6 Å². The highest BCUT2D eigenvalue weighted by atomic mass is 28.4. The van der Waals surface area contributed by atoms with Crippen LogP contribution >= 0.6 is 0 Å². The number of ether oxygens (including phenoxy) is 2. The number of amides is 2. The molecular formula is C19H36N2O4Si. The standard InChI is InChI=1S/C19H36N2O4Si/c1-7-23-17-16(20-18(22)21-12-8-9-13-21)11-10-15(25-17)14-24-26(5,6)19(2,3)4/h10-11,15-17H,7-9,12-14H2,1-6H3,(H,20,22)/t15-,16+,17-/m0/s1. The molecule has 1 saturated heterocycles. The van der Waals surface area contributed by atoms with Crippen LogP contribution in [0.3, 0.4) is 0 Å². The van der Waals surface area contributed by atoms with E-state index in [0.717, 1.165) is 25.9 Å². The van der Waals surface area contributed by atoms with Crippen molar-refractivity contribution in [3.63, 3.8) is 0 Å². The molecule has 0 bridgehead atoms. The molecule has 0 aromatic carbocycles. The number of urea groups is 1. The second-order valence-electron chi connectivity index (χ2n) is 8.62. The summed E-state index contributed by atoms with van der Waals surface area (Å²) in [6.45, 7) is 15.8. The first-order chi connectivity index (χ1) is 12.1. The van der Waals surface area contributed by atoms with Gasteiger partial charge < -0.3 is 24.1 Å². The van der Waals surface area contributed by atoms with Crippen molar-refractivity contribution in [2.75, 3.05) is 26.3 Å². The molecule has 0 radical (unpaired) electrons. The van der Waals surface area contributed by atoms with Gasteiger partial charge in [-0.25, -0.2) is 4.79 Å². The summed E-state index contributed by atoms with van der Waals surface area (Å²) in [6.07, 6.45) is 5.48. The topological polar surface area (TPSA) is 60.0 Å². The zero-order valence-corrected chi connectivity index (χ0v) is 18.2. The first-order valence-corrected chi connectivity index (χ1v) is 12.7. The zero-order chi connectivity index (χ0) is 19.4. The molecule has 3 atom stereocenters. The van der Waals surface area contributed by atoms with Gasteiger partial charge in [-0.3, -0.25) is 0 Å². The third-order valence-electron chi connectivity index (χ3n) is 5.56. The van der Waals surface area contributed by atoms with Gasteiger partial charge in [0, 0.05) is 19.7 Å². The Bertz CT molecular complexity index is 498. The van der Waals surface area contributed by atoms with Crippen molar-refractivity contribution in [1.82, 2.24) is 10.2 Å². The molecular weight excluding hydrogens is 348 g/mol. The maximum absolute atomic E-state index is 12.4. The van der Waals surface area contributed by atoms with Gasteiger partial charge in [-0.15, -0.1) is 0 Å². The fraction of sp³-hybridized carbons (Fsp3) is 0.842. The maximum Gasteiger partial charge on any atom is 0.318 e. The number of carbonyl (C=O) groups is 1. The lowest BCUT2D eigenvalue weighted by molar-refractivity contribution is -0.177. The summed E-state index contributed by atoms with van der Waals surface area (Å²) in [5.74, 6) is 0. The predicted molar refractivity (Wildman–Crippen MR) is 106 cm³/mol. The smallest absolute Gasteiger partial charge is 0.318 e. The van der Waals surface area contributed by atoms with Crippen molar-refractivity contribution in [3.05, 3.63) is 12.2 Å². The molecule has 0 saturated carbocycles. The second-order valence-corrected chi connectivity index (χ2v) is 13.4. The van der Waals surface area contributed by atoms with Crippen LogP contribution in [-0.4, -0.2) is 64.0 Å². The normalized spacial score (nSPS) is 27.0.